The van der Waals surface area contributed by atoms with Gasteiger partial charge in [0.15, 0.2) is 0 Å². The minimum absolute atomic E-state index is 0.196. The zero-order valence-corrected chi connectivity index (χ0v) is 18.5. The Hall–Kier alpha value is -1.82. The van der Waals surface area contributed by atoms with Crippen LogP contribution in [0.4, 0.5) is 0 Å². The number of hydrogen-bond acceptors (Lipinski definition) is 10. The van der Waals surface area contributed by atoms with Crippen molar-refractivity contribution in [1.82, 2.24) is 0 Å². The van der Waals surface area contributed by atoms with Crippen LogP contribution in [0.15, 0.2) is 24.8 Å². The zero-order chi connectivity index (χ0) is 23.0. The molecule has 0 aliphatic rings. The smallest absolute Gasteiger partial charge is 0.333 e. The highest BCUT2D eigenvalue weighted by Gasteiger charge is 2.01. The summed E-state index contributed by atoms with van der Waals surface area (Å²) >= 11 is 0. The molecule has 0 saturated carbocycles. The Morgan fingerprint density at radius 3 is 1.16 bits per heavy atom. The van der Waals surface area contributed by atoms with Crippen molar-refractivity contribution in [3.05, 3.63) is 24.8 Å². The third-order valence-electron chi connectivity index (χ3n) is 3.31. The van der Waals surface area contributed by atoms with Crippen molar-refractivity contribution in [1.29, 1.82) is 0 Å². The zero-order valence-electron chi connectivity index (χ0n) is 18.5. The lowest BCUT2D eigenvalue weighted by molar-refractivity contribution is -0.141. The highest BCUT2D eigenvalue weighted by molar-refractivity contribution is 5.86. The van der Waals surface area contributed by atoms with Crippen LogP contribution in [0.5, 0.6) is 0 Å². The van der Waals surface area contributed by atoms with Gasteiger partial charge >= 0.3 is 11.9 Å². The van der Waals surface area contributed by atoms with Crippen LogP contribution in [0, 0.1) is 0 Å². The maximum Gasteiger partial charge on any atom is 0.333 e. The molecular formula is C21H36O10. The predicted octanol–water partition coefficient (Wildman–Crippen LogP) is 0.935. The van der Waals surface area contributed by atoms with Gasteiger partial charge in [-0.15, -0.1) is 0 Å². The molecule has 0 unspecified atom stereocenters. The molecule has 0 N–H and O–H groups in total. The van der Waals surface area contributed by atoms with E-state index in [2.05, 4.69) is 13.2 Å². The van der Waals surface area contributed by atoms with Gasteiger partial charge in [-0.05, 0) is 6.92 Å². The van der Waals surface area contributed by atoms with Gasteiger partial charge in [-0.1, -0.05) is 13.2 Å². The summed E-state index contributed by atoms with van der Waals surface area (Å²) in [5.74, 6) is -0.879. The van der Waals surface area contributed by atoms with E-state index >= 15 is 0 Å². The maximum absolute atomic E-state index is 11.1. The highest BCUT2D eigenvalue weighted by atomic mass is 16.6. The number of carbonyl (C=O) groups is 2. The molecular weight excluding hydrogens is 412 g/mol. The average Bonchev–Trinajstić information content (AvgIpc) is 2.76. The molecule has 0 amide bonds. The van der Waals surface area contributed by atoms with E-state index in [0.29, 0.717) is 84.9 Å². The third-order valence-corrected chi connectivity index (χ3v) is 3.31. The van der Waals surface area contributed by atoms with Gasteiger partial charge in [0.25, 0.3) is 0 Å². The monoisotopic (exact) mass is 448 g/mol. The number of esters is 2. The topological polar surface area (TPSA) is 108 Å². The van der Waals surface area contributed by atoms with Gasteiger partial charge in [-0.25, -0.2) is 9.59 Å². The summed E-state index contributed by atoms with van der Waals surface area (Å²) in [6.07, 6.45) is 1.11. The second-order valence-corrected chi connectivity index (χ2v) is 5.96. The standard InChI is InChI=1S/C21H36O10/c1-4-20(22)30-17-15-28-13-11-26-9-7-24-5-6-25-8-10-27-12-14-29-16-18-31-21(23)19(2)3/h4H,1-2,5-18H2,3H3. The fourth-order valence-corrected chi connectivity index (χ4v) is 1.78. The molecule has 0 saturated heterocycles. The molecule has 180 valence electrons. The van der Waals surface area contributed by atoms with Crippen molar-refractivity contribution in [2.24, 2.45) is 0 Å². The summed E-state index contributed by atoms with van der Waals surface area (Å²) in [4.78, 5) is 21.9. The van der Waals surface area contributed by atoms with Gasteiger partial charge in [0.1, 0.15) is 13.2 Å². The highest BCUT2D eigenvalue weighted by Crippen LogP contribution is 1.91. The molecule has 0 heterocycles. The van der Waals surface area contributed by atoms with Crippen molar-refractivity contribution in [2.75, 3.05) is 92.5 Å². The van der Waals surface area contributed by atoms with Gasteiger partial charge in [0, 0.05) is 11.6 Å². The summed E-state index contributed by atoms with van der Waals surface area (Å²) < 4.78 is 41.6. The molecule has 0 spiro atoms. The lowest BCUT2D eigenvalue weighted by Gasteiger charge is -2.08. The molecule has 0 aliphatic heterocycles. The van der Waals surface area contributed by atoms with Gasteiger partial charge in [-0.2, -0.15) is 0 Å². The molecule has 10 heteroatoms. The fraction of sp³-hybridized carbons (Fsp3) is 0.714. The van der Waals surface area contributed by atoms with Crippen LogP contribution in [0.25, 0.3) is 0 Å². The average molecular weight is 449 g/mol. The van der Waals surface area contributed by atoms with Crippen molar-refractivity contribution < 1.29 is 47.5 Å². The summed E-state index contributed by atoms with van der Waals surface area (Å²) in [5, 5.41) is 0. The van der Waals surface area contributed by atoms with Crippen LogP contribution in [0.3, 0.4) is 0 Å². The quantitative estimate of drug-likeness (QED) is 0.127. The molecule has 31 heavy (non-hydrogen) atoms. The summed E-state index contributed by atoms with van der Waals surface area (Å²) in [5.41, 5.74) is 0.367. The van der Waals surface area contributed by atoms with E-state index in [1.165, 1.54) is 0 Å². The first kappa shape index (κ1) is 29.2. The number of rotatable bonds is 23. The van der Waals surface area contributed by atoms with Crippen LogP contribution in [-0.4, -0.2) is 104 Å². The summed E-state index contributed by atoms with van der Waals surface area (Å²) in [6.45, 7) is 13.9. The van der Waals surface area contributed by atoms with Gasteiger partial charge in [-0.3, -0.25) is 0 Å². The van der Waals surface area contributed by atoms with Gasteiger partial charge < -0.3 is 37.9 Å². The molecule has 0 fully saturated rings. The Kier molecular flexibility index (Phi) is 21.5. The van der Waals surface area contributed by atoms with Crippen LogP contribution in [-0.2, 0) is 47.5 Å². The SMILES string of the molecule is C=CC(=O)OCCOCCOCCOCCOCCOCCOCCOC(=O)C(=C)C. The molecule has 0 rings (SSSR count). The summed E-state index contributed by atoms with van der Waals surface area (Å²) in [6, 6.07) is 0. The van der Waals surface area contributed by atoms with Crippen molar-refractivity contribution in [3.63, 3.8) is 0 Å². The third kappa shape index (κ3) is 22.7. The van der Waals surface area contributed by atoms with Gasteiger partial charge in [0.05, 0.1) is 79.3 Å². The Labute approximate surface area is 184 Å². The molecule has 0 aromatic rings. The molecule has 0 aliphatic carbocycles. The normalized spacial score (nSPS) is 10.6. The minimum atomic E-state index is -0.462. The van der Waals surface area contributed by atoms with E-state index in [4.69, 9.17) is 37.9 Å². The van der Waals surface area contributed by atoms with Gasteiger partial charge in [0.2, 0.25) is 0 Å². The Morgan fingerprint density at radius 2 is 0.871 bits per heavy atom. The van der Waals surface area contributed by atoms with E-state index in [9.17, 15) is 9.59 Å². The first-order valence-corrected chi connectivity index (χ1v) is 10.2. The molecule has 0 aromatic heterocycles. The van der Waals surface area contributed by atoms with Crippen LogP contribution in [0.2, 0.25) is 0 Å². The van der Waals surface area contributed by atoms with E-state index in [-0.39, 0.29) is 13.2 Å². The second kappa shape index (κ2) is 22.9. The molecule has 0 atom stereocenters. The fourth-order valence-electron chi connectivity index (χ4n) is 1.78. The first-order chi connectivity index (χ1) is 15.1. The predicted molar refractivity (Wildman–Crippen MR) is 112 cm³/mol. The maximum atomic E-state index is 11.1. The molecule has 0 radical (unpaired) electrons. The van der Waals surface area contributed by atoms with E-state index in [1.807, 2.05) is 0 Å². The first-order valence-electron chi connectivity index (χ1n) is 10.2. The largest absolute Gasteiger partial charge is 0.460 e. The number of hydrogen-bond donors (Lipinski definition) is 0. The Morgan fingerprint density at radius 1 is 0.581 bits per heavy atom. The minimum Gasteiger partial charge on any atom is -0.460 e. The number of carbonyl (C=O) groups excluding carboxylic acids is 2. The lowest BCUT2D eigenvalue weighted by atomic mass is 10.4. The molecule has 10 nitrogen and oxygen atoms in total. The van der Waals surface area contributed by atoms with Crippen LogP contribution < -0.4 is 0 Å². The van der Waals surface area contributed by atoms with Crippen molar-refractivity contribution in [2.45, 2.75) is 6.92 Å². The van der Waals surface area contributed by atoms with E-state index in [0.717, 1.165) is 6.08 Å². The summed E-state index contributed by atoms with van der Waals surface area (Å²) in [7, 11) is 0. The molecule has 0 aromatic carbocycles. The molecule has 0 bridgehead atoms. The van der Waals surface area contributed by atoms with Crippen molar-refractivity contribution in [3.8, 4) is 0 Å². The van der Waals surface area contributed by atoms with Crippen molar-refractivity contribution >= 4 is 11.9 Å². The van der Waals surface area contributed by atoms with E-state index < -0.39 is 11.9 Å². The second-order valence-electron chi connectivity index (χ2n) is 5.96. The van der Waals surface area contributed by atoms with E-state index in [1.54, 1.807) is 6.92 Å². The Balaban J connectivity index is 3.09. The number of ether oxygens (including phenoxy) is 8. The lowest BCUT2D eigenvalue weighted by Crippen LogP contribution is -2.15. The van der Waals surface area contributed by atoms with Crippen LogP contribution in [0.1, 0.15) is 6.92 Å². The Bertz CT molecular complexity index is 481. The van der Waals surface area contributed by atoms with Crippen LogP contribution >= 0.6 is 0 Å².